The smallest absolute Gasteiger partial charge is 0.305 e. The van der Waals surface area contributed by atoms with Gasteiger partial charge in [-0.25, -0.2) is 0 Å². The van der Waals surface area contributed by atoms with Crippen LogP contribution in [-0.2, 0) is 9.59 Å². The van der Waals surface area contributed by atoms with Crippen molar-refractivity contribution in [3.8, 4) is 5.75 Å². The number of carboxylic acid groups (broad SMARTS) is 1. The maximum Gasteiger partial charge on any atom is 0.305 e. The molecule has 1 atom stereocenters. The Hall–Kier alpha value is -2.04. The predicted octanol–water partition coefficient (Wildman–Crippen LogP) is 1.27. The third kappa shape index (κ3) is 3.48. The summed E-state index contributed by atoms with van der Waals surface area (Å²) in [5.74, 6) is -0.230. The Labute approximate surface area is 99.4 Å². The topological polar surface area (TPSA) is 75.6 Å². The van der Waals surface area contributed by atoms with Crippen LogP contribution in [0.2, 0.25) is 0 Å². The first-order valence-corrected chi connectivity index (χ1v) is 5.14. The molecule has 1 unspecified atom stereocenters. The van der Waals surface area contributed by atoms with Gasteiger partial charge in [0.2, 0.25) is 6.41 Å². The number of amides is 1. The summed E-state index contributed by atoms with van der Waals surface area (Å²) in [5.41, 5.74) is 1.64. The summed E-state index contributed by atoms with van der Waals surface area (Å²) in [7, 11) is 1.57. The molecule has 1 aromatic carbocycles. The summed E-state index contributed by atoms with van der Waals surface area (Å²) in [5, 5.41) is 11.3. The molecule has 2 N–H and O–H groups in total. The molecule has 1 rings (SSSR count). The Morgan fingerprint density at radius 2 is 2.29 bits per heavy atom. The van der Waals surface area contributed by atoms with Gasteiger partial charge in [0.25, 0.3) is 0 Å². The average Bonchev–Trinajstić information content (AvgIpc) is 2.28. The highest BCUT2D eigenvalue weighted by molar-refractivity contribution is 5.68. The molecule has 0 saturated carbocycles. The van der Waals surface area contributed by atoms with Gasteiger partial charge < -0.3 is 15.2 Å². The molecule has 0 saturated heterocycles. The lowest BCUT2D eigenvalue weighted by molar-refractivity contribution is -0.137. The summed E-state index contributed by atoms with van der Waals surface area (Å²) in [6, 6.07) is 4.79. The van der Waals surface area contributed by atoms with E-state index in [9.17, 15) is 9.59 Å². The third-order valence-electron chi connectivity index (χ3n) is 2.47. The maximum absolute atomic E-state index is 10.7. The second kappa shape index (κ2) is 5.89. The number of aryl methyl sites for hydroxylation is 1. The average molecular weight is 237 g/mol. The minimum atomic E-state index is -0.960. The minimum absolute atomic E-state index is 0.148. The number of carbonyl (C=O) groups is 2. The molecule has 0 radical (unpaired) electrons. The lowest BCUT2D eigenvalue weighted by Gasteiger charge is -2.16. The number of aliphatic carboxylic acids is 1. The number of rotatable bonds is 6. The van der Waals surface area contributed by atoms with Gasteiger partial charge >= 0.3 is 5.97 Å². The van der Waals surface area contributed by atoms with Crippen molar-refractivity contribution in [2.45, 2.75) is 19.4 Å². The van der Waals surface area contributed by atoms with Crippen LogP contribution in [-0.4, -0.2) is 24.6 Å². The SMILES string of the molecule is COc1ccc(C(CC(=O)O)NC=O)cc1C. The Kier molecular flexibility index (Phi) is 4.51. The molecule has 0 spiro atoms. The fourth-order valence-electron chi connectivity index (χ4n) is 1.65. The highest BCUT2D eigenvalue weighted by atomic mass is 16.5. The van der Waals surface area contributed by atoms with E-state index >= 15 is 0 Å². The van der Waals surface area contributed by atoms with E-state index in [1.165, 1.54) is 0 Å². The third-order valence-corrected chi connectivity index (χ3v) is 2.47. The van der Waals surface area contributed by atoms with Crippen molar-refractivity contribution in [3.05, 3.63) is 29.3 Å². The van der Waals surface area contributed by atoms with Crippen LogP contribution in [0.3, 0.4) is 0 Å². The molecule has 0 aliphatic rings. The van der Waals surface area contributed by atoms with Gasteiger partial charge in [0.05, 0.1) is 19.6 Å². The molecule has 5 heteroatoms. The largest absolute Gasteiger partial charge is 0.496 e. The molecule has 0 fully saturated rings. The van der Waals surface area contributed by atoms with Crippen LogP contribution in [0, 0.1) is 6.92 Å². The van der Waals surface area contributed by atoms with Gasteiger partial charge in [-0.15, -0.1) is 0 Å². The molecule has 92 valence electrons. The number of nitrogens with one attached hydrogen (secondary N) is 1. The van der Waals surface area contributed by atoms with Crippen LogP contribution >= 0.6 is 0 Å². The van der Waals surface area contributed by atoms with E-state index in [1.54, 1.807) is 19.2 Å². The van der Waals surface area contributed by atoms with Crippen molar-refractivity contribution in [3.63, 3.8) is 0 Å². The van der Waals surface area contributed by atoms with Crippen molar-refractivity contribution in [2.75, 3.05) is 7.11 Å². The van der Waals surface area contributed by atoms with E-state index in [4.69, 9.17) is 9.84 Å². The first kappa shape index (κ1) is 13.0. The summed E-state index contributed by atoms with van der Waals surface area (Å²) in [4.78, 5) is 21.1. The molecule has 1 amide bonds. The molecule has 0 heterocycles. The number of ether oxygens (including phenoxy) is 1. The van der Waals surface area contributed by atoms with Crippen LogP contribution in [0.15, 0.2) is 18.2 Å². The number of benzene rings is 1. The summed E-state index contributed by atoms with van der Waals surface area (Å²) >= 11 is 0. The number of hydrogen-bond donors (Lipinski definition) is 2. The maximum atomic E-state index is 10.7. The minimum Gasteiger partial charge on any atom is -0.496 e. The van der Waals surface area contributed by atoms with Crippen molar-refractivity contribution < 1.29 is 19.4 Å². The lowest BCUT2D eigenvalue weighted by atomic mass is 10.0. The van der Waals surface area contributed by atoms with Crippen molar-refractivity contribution in [2.24, 2.45) is 0 Å². The van der Waals surface area contributed by atoms with Crippen LogP contribution in [0.25, 0.3) is 0 Å². The monoisotopic (exact) mass is 237 g/mol. The van der Waals surface area contributed by atoms with E-state index in [0.717, 1.165) is 16.9 Å². The fraction of sp³-hybridized carbons (Fsp3) is 0.333. The Morgan fingerprint density at radius 1 is 1.59 bits per heavy atom. The molecular formula is C12H15NO4. The normalized spacial score (nSPS) is 11.6. The zero-order valence-corrected chi connectivity index (χ0v) is 9.77. The van der Waals surface area contributed by atoms with E-state index < -0.39 is 12.0 Å². The summed E-state index contributed by atoms with van der Waals surface area (Å²) in [6.45, 7) is 1.86. The van der Waals surface area contributed by atoms with E-state index in [1.807, 2.05) is 13.0 Å². The second-order valence-electron chi connectivity index (χ2n) is 3.66. The van der Waals surface area contributed by atoms with Gasteiger partial charge in [-0.1, -0.05) is 12.1 Å². The molecule has 17 heavy (non-hydrogen) atoms. The van der Waals surface area contributed by atoms with Crippen molar-refractivity contribution in [1.29, 1.82) is 0 Å². The number of carbonyl (C=O) groups excluding carboxylic acids is 1. The summed E-state index contributed by atoms with van der Waals surface area (Å²) < 4.78 is 5.11. The molecule has 0 bridgehead atoms. The molecule has 5 nitrogen and oxygen atoms in total. The first-order chi connectivity index (χ1) is 8.08. The van der Waals surface area contributed by atoms with Gasteiger partial charge in [-0.05, 0) is 24.1 Å². The van der Waals surface area contributed by atoms with Gasteiger partial charge in [0, 0.05) is 0 Å². The Morgan fingerprint density at radius 3 is 2.76 bits per heavy atom. The van der Waals surface area contributed by atoms with Gasteiger partial charge in [0.15, 0.2) is 0 Å². The van der Waals surface area contributed by atoms with Gasteiger partial charge in [-0.3, -0.25) is 9.59 Å². The van der Waals surface area contributed by atoms with Crippen LogP contribution in [0.5, 0.6) is 5.75 Å². The van der Waals surface area contributed by atoms with Gasteiger partial charge in [0.1, 0.15) is 5.75 Å². The summed E-state index contributed by atoms with van der Waals surface area (Å²) in [6.07, 6.45) is 0.359. The van der Waals surface area contributed by atoms with E-state index in [2.05, 4.69) is 5.32 Å². The molecular weight excluding hydrogens is 222 g/mol. The Bertz CT molecular complexity index is 417. The highest BCUT2D eigenvalue weighted by Crippen LogP contribution is 2.24. The molecule has 1 aromatic rings. The quantitative estimate of drug-likeness (QED) is 0.730. The lowest BCUT2D eigenvalue weighted by Crippen LogP contribution is -2.22. The predicted molar refractivity (Wildman–Crippen MR) is 61.9 cm³/mol. The van der Waals surface area contributed by atoms with Gasteiger partial charge in [-0.2, -0.15) is 0 Å². The molecule has 0 aliphatic carbocycles. The molecule has 0 aromatic heterocycles. The standard InChI is InChI=1S/C12H15NO4/c1-8-5-9(3-4-11(8)17-2)10(13-7-14)6-12(15)16/h3-5,7,10H,6H2,1-2H3,(H,13,14)(H,15,16). The number of methoxy groups -OCH3 is 1. The first-order valence-electron chi connectivity index (χ1n) is 5.14. The molecule has 0 aliphatic heterocycles. The Balaban J connectivity index is 2.97. The fourth-order valence-corrected chi connectivity index (χ4v) is 1.65. The highest BCUT2D eigenvalue weighted by Gasteiger charge is 2.15. The number of hydrogen-bond acceptors (Lipinski definition) is 3. The van der Waals surface area contributed by atoms with Crippen molar-refractivity contribution in [1.82, 2.24) is 5.32 Å². The van der Waals surface area contributed by atoms with E-state index in [-0.39, 0.29) is 6.42 Å². The zero-order valence-electron chi connectivity index (χ0n) is 9.77. The van der Waals surface area contributed by atoms with E-state index in [0.29, 0.717) is 6.41 Å². The van der Waals surface area contributed by atoms with Crippen LogP contribution in [0.1, 0.15) is 23.6 Å². The zero-order chi connectivity index (χ0) is 12.8. The van der Waals surface area contributed by atoms with Crippen LogP contribution in [0.4, 0.5) is 0 Å². The second-order valence-corrected chi connectivity index (χ2v) is 3.66. The number of carboxylic acids is 1. The van der Waals surface area contributed by atoms with Crippen molar-refractivity contribution >= 4 is 12.4 Å². The van der Waals surface area contributed by atoms with Crippen LogP contribution < -0.4 is 10.1 Å².